The van der Waals surface area contributed by atoms with Crippen molar-refractivity contribution in [3.8, 4) is 0 Å². The van der Waals surface area contributed by atoms with E-state index in [1.807, 2.05) is 0 Å². The van der Waals surface area contributed by atoms with Gasteiger partial charge in [0.2, 0.25) is 5.91 Å². The van der Waals surface area contributed by atoms with Crippen LogP contribution >= 0.6 is 7.60 Å². The summed E-state index contributed by atoms with van der Waals surface area (Å²) in [6.07, 6.45) is 0.00398. The molecule has 6 heteroatoms. The molecule has 0 aliphatic heterocycles. The molecule has 0 bridgehead atoms. The first-order valence-corrected chi connectivity index (χ1v) is 6.27. The van der Waals surface area contributed by atoms with Gasteiger partial charge in [-0.2, -0.15) is 0 Å². The van der Waals surface area contributed by atoms with Crippen molar-refractivity contribution in [3.63, 3.8) is 0 Å². The summed E-state index contributed by atoms with van der Waals surface area (Å²) < 4.78 is 22.0. The molecule has 0 aromatic carbocycles. The molecule has 0 fully saturated rings. The third-order valence-corrected chi connectivity index (χ3v) is 3.65. The molecule has 0 saturated carbocycles. The van der Waals surface area contributed by atoms with E-state index >= 15 is 0 Å². The Kier molecular flexibility index (Phi) is 6.00. The van der Waals surface area contributed by atoms with E-state index in [1.54, 1.807) is 20.9 Å². The lowest BCUT2D eigenvalue weighted by Crippen LogP contribution is -2.26. The molecule has 0 spiro atoms. The fraction of sp³-hybridized carbons (Fsp3) is 0.875. The number of hydrogen-bond donors (Lipinski definition) is 0. The molecule has 5 nitrogen and oxygen atoms in total. The SMILES string of the molecule is CCOP(=O)(CN(C)C(C)=O)OCC. The van der Waals surface area contributed by atoms with Gasteiger partial charge in [-0.3, -0.25) is 9.36 Å². The van der Waals surface area contributed by atoms with Crippen LogP contribution in [0.2, 0.25) is 0 Å². The average Bonchev–Trinajstić information content (AvgIpc) is 2.04. The highest BCUT2D eigenvalue weighted by atomic mass is 31.2. The molecular formula is C8H18NO4P. The van der Waals surface area contributed by atoms with E-state index in [9.17, 15) is 9.36 Å². The van der Waals surface area contributed by atoms with Crippen LogP contribution in [-0.4, -0.2) is 37.4 Å². The molecule has 0 N–H and O–H groups in total. The lowest BCUT2D eigenvalue weighted by Gasteiger charge is -2.22. The van der Waals surface area contributed by atoms with Gasteiger partial charge in [0.25, 0.3) is 0 Å². The zero-order valence-electron chi connectivity index (χ0n) is 9.15. The Bertz CT molecular complexity index is 221. The largest absolute Gasteiger partial charge is 0.349 e. The van der Waals surface area contributed by atoms with Crippen molar-refractivity contribution in [3.05, 3.63) is 0 Å². The van der Waals surface area contributed by atoms with Crippen LogP contribution in [0.3, 0.4) is 0 Å². The normalized spacial score (nSPS) is 11.4. The molecular weight excluding hydrogens is 205 g/mol. The van der Waals surface area contributed by atoms with Gasteiger partial charge in [-0.1, -0.05) is 0 Å². The van der Waals surface area contributed by atoms with Crippen molar-refractivity contribution in [1.82, 2.24) is 4.90 Å². The maximum atomic E-state index is 11.9. The second kappa shape index (κ2) is 6.17. The van der Waals surface area contributed by atoms with E-state index in [-0.39, 0.29) is 12.2 Å². The van der Waals surface area contributed by atoms with Gasteiger partial charge in [-0.25, -0.2) is 0 Å². The maximum absolute atomic E-state index is 11.9. The third-order valence-electron chi connectivity index (χ3n) is 1.57. The minimum atomic E-state index is -3.12. The van der Waals surface area contributed by atoms with Gasteiger partial charge in [-0.05, 0) is 13.8 Å². The van der Waals surface area contributed by atoms with E-state index in [4.69, 9.17) is 9.05 Å². The number of carbonyl (C=O) groups is 1. The van der Waals surface area contributed by atoms with Crippen molar-refractivity contribution >= 4 is 13.5 Å². The predicted octanol–water partition coefficient (Wildman–Crippen LogP) is 1.69. The summed E-state index contributed by atoms with van der Waals surface area (Å²) in [5.41, 5.74) is 0. The topological polar surface area (TPSA) is 55.8 Å². The molecule has 1 amide bonds. The van der Waals surface area contributed by atoms with Gasteiger partial charge in [-0.15, -0.1) is 0 Å². The lowest BCUT2D eigenvalue weighted by atomic mass is 10.6. The smallest absolute Gasteiger partial charge is 0.334 e. The molecule has 0 rings (SSSR count). The van der Waals surface area contributed by atoms with Crippen molar-refractivity contribution < 1.29 is 18.4 Å². The van der Waals surface area contributed by atoms with Crippen molar-refractivity contribution in [1.29, 1.82) is 0 Å². The van der Waals surface area contributed by atoms with Crippen molar-refractivity contribution in [2.45, 2.75) is 20.8 Å². The number of carbonyl (C=O) groups excluding carboxylic acids is 1. The number of hydrogen-bond acceptors (Lipinski definition) is 4. The Morgan fingerprint density at radius 2 is 1.71 bits per heavy atom. The van der Waals surface area contributed by atoms with E-state index in [2.05, 4.69) is 0 Å². The summed E-state index contributed by atoms with van der Waals surface area (Å²) in [6.45, 7) is 5.49. The highest BCUT2D eigenvalue weighted by molar-refractivity contribution is 7.53. The van der Waals surface area contributed by atoms with Gasteiger partial charge < -0.3 is 13.9 Å². The van der Waals surface area contributed by atoms with Gasteiger partial charge in [0.05, 0.1) is 13.2 Å². The summed E-state index contributed by atoms with van der Waals surface area (Å²) in [7, 11) is -1.56. The van der Waals surface area contributed by atoms with Crippen LogP contribution in [-0.2, 0) is 18.4 Å². The molecule has 14 heavy (non-hydrogen) atoms. The third kappa shape index (κ3) is 4.74. The molecule has 0 aromatic heterocycles. The first kappa shape index (κ1) is 13.6. The average molecular weight is 223 g/mol. The Morgan fingerprint density at radius 1 is 1.29 bits per heavy atom. The molecule has 0 aliphatic rings. The maximum Gasteiger partial charge on any atom is 0.349 e. The molecule has 0 saturated heterocycles. The molecule has 0 aliphatic carbocycles. The minimum absolute atomic E-state index is 0.00398. The molecule has 0 atom stereocenters. The Morgan fingerprint density at radius 3 is 2.00 bits per heavy atom. The minimum Gasteiger partial charge on any atom is -0.334 e. The number of nitrogens with zero attached hydrogens (tertiary/aromatic N) is 1. The monoisotopic (exact) mass is 223 g/mol. The number of amides is 1. The van der Waals surface area contributed by atoms with Crippen LogP contribution in [0.4, 0.5) is 0 Å². The van der Waals surface area contributed by atoms with E-state index in [0.29, 0.717) is 13.2 Å². The highest BCUT2D eigenvalue weighted by Crippen LogP contribution is 2.48. The van der Waals surface area contributed by atoms with Crippen LogP contribution in [0.15, 0.2) is 0 Å². The van der Waals surface area contributed by atoms with E-state index in [0.717, 1.165) is 0 Å². The Hall–Kier alpha value is -0.380. The van der Waals surface area contributed by atoms with E-state index in [1.165, 1.54) is 11.8 Å². The summed E-state index contributed by atoms with van der Waals surface area (Å²) >= 11 is 0. The zero-order valence-corrected chi connectivity index (χ0v) is 10.0. The number of rotatable bonds is 6. The lowest BCUT2D eigenvalue weighted by molar-refractivity contribution is -0.127. The first-order chi connectivity index (χ1) is 6.45. The van der Waals surface area contributed by atoms with Gasteiger partial charge in [0.1, 0.15) is 6.29 Å². The van der Waals surface area contributed by atoms with Gasteiger partial charge >= 0.3 is 7.60 Å². The summed E-state index contributed by atoms with van der Waals surface area (Å²) in [5.74, 6) is -0.162. The summed E-state index contributed by atoms with van der Waals surface area (Å²) in [6, 6.07) is 0. The Labute approximate surface area is 84.9 Å². The van der Waals surface area contributed by atoms with Crippen LogP contribution < -0.4 is 0 Å². The van der Waals surface area contributed by atoms with Gasteiger partial charge in [0, 0.05) is 14.0 Å². The first-order valence-electron chi connectivity index (χ1n) is 4.55. The van der Waals surface area contributed by atoms with E-state index < -0.39 is 7.60 Å². The van der Waals surface area contributed by atoms with Gasteiger partial charge in [0.15, 0.2) is 0 Å². The van der Waals surface area contributed by atoms with Crippen molar-refractivity contribution in [2.24, 2.45) is 0 Å². The standard InChI is InChI=1S/C8H18NO4P/c1-5-12-14(11,13-6-2)7-9(4)8(3)10/h5-7H2,1-4H3. The van der Waals surface area contributed by atoms with Crippen molar-refractivity contribution in [2.75, 3.05) is 26.5 Å². The molecule has 84 valence electrons. The second-order valence-electron chi connectivity index (χ2n) is 2.80. The second-order valence-corrected chi connectivity index (χ2v) is 4.83. The van der Waals surface area contributed by atoms with Crippen LogP contribution in [0.5, 0.6) is 0 Å². The fourth-order valence-corrected chi connectivity index (χ4v) is 2.62. The quantitative estimate of drug-likeness (QED) is 0.643. The zero-order chi connectivity index (χ0) is 11.2. The molecule has 0 heterocycles. The Balaban J connectivity index is 4.35. The van der Waals surface area contributed by atoms with Crippen LogP contribution in [0.1, 0.15) is 20.8 Å². The predicted molar refractivity (Wildman–Crippen MR) is 54.2 cm³/mol. The summed E-state index contributed by atoms with van der Waals surface area (Å²) in [4.78, 5) is 12.2. The molecule has 0 radical (unpaired) electrons. The fourth-order valence-electron chi connectivity index (χ4n) is 0.872. The van der Waals surface area contributed by atoms with Crippen LogP contribution in [0, 0.1) is 0 Å². The molecule has 0 aromatic rings. The highest BCUT2D eigenvalue weighted by Gasteiger charge is 2.26. The van der Waals surface area contributed by atoms with Crippen LogP contribution in [0.25, 0.3) is 0 Å². The summed E-state index contributed by atoms with van der Waals surface area (Å²) in [5, 5.41) is 0. The molecule has 0 unspecified atom stereocenters.